The second kappa shape index (κ2) is 5.14. The number of hydrogen-bond donors (Lipinski definition) is 0. The van der Waals surface area contributed by atoms with E-state index in [1.165, 1.54) is 11.8 Å². The van der Waals surface area contributed by atoms with Crippen molar-refractivity contribution in [1.82, 2.24) is 9.97 Å². The van der Waals surface area contributed by atoms with Crippen LogP contribution in [0.15, 0.2) is 36.4 Å². The van der Waals surface area contributed by atoms with Crippen LogP contribution in [0, 0.1) is 6.92 Å². The van der Waals surface area contributed by atoms with Crippen molar-refractivity contribution in [2.75, 3.05) is 4.90 Å². The fourth-order valence-electron chi connectivity index (χ4n) is 1.63. The Bertz CT molecular complexity index is 551. The van der Waals surface area contributed by atoms with Crippen molar-refractivity contribution in [2.45, 2.75) is 13.8 Å². The molecule has 0 aliphatic carbocycles. The van der Waals surface area contributed by atoms with Crippen LogP contribution in [0.2, 0.25) is 5.15 Å². The fourth-order valence-corrected chi connectivity index (χ4v) is 1.86. The third-order valence-corrected chi connectivity index (χ3v) is 2.53. The van der Waals surface area contributed by atoms with Gasteiger partial charge in [0.05, 0.1) is 5.69 Å². The third-order valence-electron chi connectivity index (χ3n) is 2.34. The van der Waals surface area contributed by atoms with Crippen LogP contribution in [-0.4, -0.2) is 15.9 Å². The Morgan fingerprint density at radius 2 is 1.89 bits per heavy atom. The van der Waals surface area contributed by atoms with Crippen molar-refractivity contribution in [3.8, 4) is 0 Å². The Kier molecular flexibility index (Phi) is 3.58. The molecular formula is C13H12ClN3O. The summed E-state index contributed by atoms with van der Waals surface area (Å²) in [6, 6.07) is 10.9. The highest BCUT2D eigenvalue weighted by Crippen LogP contribution is 2.23. The zero-order valence-electron chi connectivity index (χ0n) is 10.1. The van der Waals surface area contributed by atoms with Crippen molar-refractivity contribution in [2.24, 2.45) is 0 Å². The Balaban J connectivity index is 2.52. The number of rotatable bonds is 2. The number of halogens is 1. The van der Waals surface area contributed by atoms with Crippen LogP contribution in [0.1, 0.15) is 12.6 Å². The summed E-state index contributed by atoms with van der Waals surface area (Å²) in [5, 5.41) is 0.319. The monoisotopic (exact) mass is 261 g/mol. The molecule has 0 spiro atoms. The number of nitrogens with zero attached hydrogens (tertiary/aromatic N) is 3. The second-order valence-corrected chi connectivity index (χ2v) is 4.21. The molecule has 0 aliphatic rings. The average molecular weight is 262 g/mol. The summed E-state index contributed by atoms with van der Waals surface area (Å²) in [6.45, 7) is 3.27. The largest absolute Gasteiger partial charge is 0.274 e. The first kappa shape index (κ1) is 12.5. The lowest BCUT2D eigenvalue weighted by atomic mass is 10.3. The molecule has 0 atom stereocenters. The number of benzene rings is 1. The molecule has 0 radical (unpaired) electrons. The van der Waals surface area contributed by atoms with Gasteiger partial charge < -0.3 is 0 Å². The zero-order chi connectivity index (χ0) is 13.1. The third kappa shape index (κ3) is 2.65. The Morgan fingerprint density at radius 1 is 1.22 bits per heavy atom. The highest BCUT2D eigenvalue weighted by Gasteiger charge is 2.17. The van der Waals surface area contributed by atoms with E-state index in [2.05, 4.69) is 9.97 Å². The normalized spacial score (nSPS) is 10.2. The molecule has 92 valence electrons. The standard InChI is InChI=1S/C13H12ClN3O/c1-9-8-12(14)16-13(15-9)17(10(2)18)11-6-4-3-5-7-11/h3-8H,1-2H3. The topological polar surface area (TPSA) is 46.1 Å². The predicted molar refractivity (Wildman–Crippen MR) is 71.0 cm³/mol. The summed E-state index contributed by atoms with van der Waals surface area (Å²) in [5.74, 6) is 0.126. The molecule has 2 rings (SSSR count). The SMILES string of the molecule is CC(=O)N(c1ccccc1)c1nc(C)cc(Cl)n1. The van der Waals surface area contributed by atoms with Crippen LogP contribution in [0.4, 0.5) is 11.6 Å². The molecule has 18 heavy (non-hydrogen) atoms. The number of aromatic nitrogens is 2. The summed E-state index contributed by atoms with van der Waals surface area (Å²) in [4.78, 5) is 21.5. The molecule has 0 aliphatic heterocycles. The average Bonchev–Trinajstić information content (AvgIpc) is 2.28. The predicted octanol–water partition coefficient (Wildman–Crippen LogP) is 3.12. The first-order valence-electron chi connectivity index (χ1n) is 5.45. The number of amides is 1. The molecule has 4 nitrogen and oxygen atoms in total. The van der Waals surface area contributed by atoms with Crippen LogP contribution in [-0.2, 0) is 4.79 Å². The van der Waals surface area contributed by atoms with Gasteiger partial charge in [-0.25, -0.2) is 14.9 Å². The van der Waals surface area contributed by atoms with Crippen molar-refractivity contribution in [3.63, 3.8) is 0 Å². The van der Waals surface area contributed by atoms with Crippen LogP contribution >= 0.6 is 11.6 Å². The van der Waals surface area contributed by atoms with E-state index in [4.69, 9.17) is 11.6 Å². The van der Waals surface area contributed by atoms with E-state index in [1.807, 2.05) is 30.3 Å². The van der Waals surface area contributed by atoms with Crippen LogP contribution < -0.4 is 4.90 Å². The van der Waals surface area contributed by atoms with Gasteiger partial charge in [-0.05, 0) is 25.1 Å². The maximum absolute atomic E-state index is 11.8. The molecule has 0 N–H and O–H groups in total. The number of aryl methyl sites for hydroxylation is 1. The van der Waals surface area contributed by atoms with Gasteiger partial charge in [0.2, 0.25) is 11.9 Å². The molecule has 0 saturated carbocycles. The maximum Gasteiger partial charge on any atom is 0.238 e. The van der Waals surface area contributed by atoms with Crippen molar-refractivity contribution < 1.29 is 4.79 Å². The summed E-state index contributed by atoms with van der Waals surface area (Å²) < 4.78 is 0. The Hall–Kier alpha value is -1.94. The molecule has 1 heterocycles. The number of carbonyl (C=O) groups excluding carboxylic acids is 1. The molecule has 0 saturated heterocycles. The molecule has 0 fully saturated rings. The van der Waals surface area contributed by atoms with Gasteiger partial charge in [0.15, 0.2) is 0 Å². The summed E-state index contributed by atoms with van der Waals surface area (Å²) in [6.07, 6.45) is 0. The molecular weight excluding hydrogens is 250 g/mol. The highest BCUT2D eigenvalue weighted by molar-refractivity contribution is 6.29. The molecule has 1 aromatic carbocycles. The summed E-state index contributed by atoms with van der Waals surface area (Å²) in [7, 11) is 0. The van der Waals surface area contributed by atoms with E-state index in [-0.39, 0.29) is 5.91 Å². The molecule has 1 amide bonds. The molecule has 2 aromatic rings. The minimum Gasteiger partial charge on any atom is -0.274 e. The second-order valence-electron chi connectivity index (χ2n) is 3.82. The van der Waals surface area contributed by atoms with Crippen molar-refractivity contribution in [1.29, 1.82) is 0 Å². The van der Waals surface area contributed by atoms with Crippen LogP contribution in [0.3, 0.4) is 0 Å². The lowest BCUT2D eigenvalue weighted by Crippen LogP contribution is -2.25. The van der Waals surface area contributed by atoms with E-state index >= 15 is 0 Å². The van der Waals surface area contributed by atoms with Gasteiger partial charge in [-0.2, -0.15) is 0 Å². The molecule has 1 aromatic heterocycles. The van der Waals surface area contributed by atoms with Crippen molar-refractivity contribution in [3.05, 3.63) is 47.2 Å². The van der Waals surface area contributed by atoms with Gasteiger partial charge in [0, 0.05) is 12.6 Å². The zero-order valence-corrected chi connectivity index (χ0v) is 10.8. The minimum atomic E-state index is -0.164. The van der Waals surface area contributed by atoms with E-state index < -0.39 is 0 Å². The van der Waals surface area contributed by atoms with Crippen molar-refractivity contribution >= 4 is 29.1 Å². The van der Waals surface area contributed by atoms with Crippen LogP contribution in [0.25, 0.3) is 0 Å². The molecule has 0 bridgehead atoms. The first-order valence-corrected chi connectivity index (χ1v) is 5.82. The van der Waals surface area contributed by atoms with Gasteiger partial charge in [-0.1, -0.05) is 29.8 Å². The van der Waals surface area contributed by atoms with Gasteiger partial charge in [-0.15, -0.1) is 0 Å². The van der Waals surface area contributed by atoms with E-state index in [0.29, 0.717) is 22.5 Å². The summed E-state index contributed by atoms with van der Waals surface area (Å²) in [5.41, 5.74) is 1.43. The van der Waals surface area contributed by atoms with Gasteiger partial charge in [0.1, 0.15) is 5.15 Å². The highest BCUT2D eigenvalue weighted by atomic mass is 35.5. The molecule has 0 unspecified atom stereocenters. The van der Waals surface area contributed by atoms with Gasteiger partial charge >= 0.3 is 0 Å². The number of anilines is 2. The number of hydrogen-bond acceptors (Lipinski definition) is 3. The lowest BCUT2D eigenvalue weighted by Gasteiger charge is -2.19. The number of carbonyl (C=O) groups is 1. The smallest absolute Gasteiger partial charge is 0.238 e. The maximum atomic E-state index is 11.8. The van der Waals surface area contributed by atoms with Gasteiger partial charge in [-0.3, -0.25) is 4.79 Å². The van der Waals surface area contributed by atoms with E-state index in [1.54, 1.807) is 13.0 Å². The van der Waals surface area contributed by atoms with Gasteiger partial charge in [0.25, 0.3) is 0 Å². The molecule has 5 heteroatoms. The fraction of sp³-hybridized carbons (Fsp3) is 0.154. The first-order chi connectivity index (χ1) is 8.58. The lowest BCUT2D eigenvalue weighted by molar-refractivity contribution is -0.115. The van der Waals surface area contributed by atoms with Crippen LogP contribution in [0.5, 0.6) is 0 Å². The van der Waals surface area contributed by atoms with E-state index in [9.17, 15) is 4.79 Å². The Morgan fingerprint density at radius 3 is 2.44 bits per heavy atom. The Labute approximate surface area is 110 Å². The van der Waals surface area contributed by atoms with E-state index in [0.717, 1.165) is 0 Å². The quantitative estimate of drug-likeness (QED) is 0.781. The minimum absolute atomic E-state index is 0.164. The number of para-hydroxylation sites is 1. The summed E-state index contributed by atoms with van der Waals surface area (Å²) >= 11 is 5.90.